The van der Waals surface area contributed by atoms with Crippen molar-refractivity contribution in [2.45, 2.75) is 18.6 Å². The number of rotatable bonds is 3. The van der Waals surface area contributed by atoms with E-state index in [1.807, 2.05) is 0 Å². The Morgan fingerprint density at radius 2 is 2.08 bits per heavy atom. The number of ether oxygens (including phenoxy) is 2. The Kier molecular flexibility index (Phi) is 2.86. The van der Waals surface area contributed by atoms with Gasteiger partial charge in [-0.05, 0) is 19.1 Å². The quantitative estimate of drug-likeness (QED) is 0.360. The molecule has 1 aromatic rings. The molecule has 24 heavy (non-hydrogen) atoms. The van der Waals surface area contributed by atoms with Crippen LogP contribution in [-0.4, -0.2) is 35.6 Å². The van der Waals surface area contributed by atoms with Crippen molar-refractivity contribution in [1.29, 1.82) is 0 Å². The normalized spacial score (nSPS) is 33.2. The average molecular weight is 330 g/mol. The maximum absolute atomic E-state index is 12.9. The van der Waals surface area contributed by atoms with Crippen LogP contribution < -0.4 is 9.64 Å². The Labute approximate surface area is 136 Å². The Hall–Kier alpha value is -2.74. The zero-order valence-corrected chi connectivity index (χ0v) is 13.0. The number of benzene rings is 1. The van der Waals surface area contributed by atoms with Crippen molar-refractivity contribution in [1.82, 2.24) is 0 Å². The maximum atomic E-state index is 12.9. The molecule has 4 rings (SSSR count). The van der Waals surface area contributed by atoms with Crippen LogP contribution in [0, 0.1) is 22.0 Å². The van der Waals surface area contributed by atoms with Gasteiger partial charge in [-0.15, -0.1) is 0 Å². The van der Waals surface area contributed by atoms with Gasteiger partial charge in [0.25, 0.3) is 5.69 Å². The molecule has 3 aliphatic rings. The molecule has 2 amide bonds. The lowest BCUT2D eigenvalue weighted by Gasteiger charge is -2.24. The van der Waals surface area contributed by atoms with Gasteiger partial charge in [-0.1, -0.05) is 12.2 Å². The van der Waals surface area contributed by atoms with Crippen molar-refractivity contribution in [3.8, 4) is 5.75 Å². The molecule has 1 aromatic carbocycles. The highest BCUT2D eigenvalue weighted by Crippen LogP contribution is 2.53. The summed E-state index contributed by atoms with van der Waals surface area (Å²) >= 11 is 0. The van der Waals surface area contributed by atoms with E-state index in [9.17, 15) is 19.7 Å². The van der Waals surface area contributed by atoms with E-state index < -0.39 is 40.3 Å². The van der Waals surface area contributed by atoms with E-state index >= 15 is 0 Å². The van der Waals surface area contributed by atoms with E-state index in [2.05, 4.69) is 0 Å². The number of anilines is 1. The minimum Gasteiger partial charge on any atom is -0.496 e. The lowest BCUT2D eigenvalue weighted by atomic mass is 9.78. The van der Waals surface area contributed by atoms with Crippen molar-refractivity contribution in [2.75, 3.05) is 12.0 Å². The number of nitro groups is 1. The number of amides is 2. The molecule has 4 atom stereocenters. The summed E-state index contributed by atoms with van der Waals surface area (Å²) in [4.78, 5) is 37.3. The smallest absolute Gasteiger partial charge is 0.297 e. The van der Waals surface area contributed by atoms with Crippen LogP contribution in [0.5, 0.6) is 5.75 Å². The molecule has 8 nitrogen and oxygen atoms in total. The van der Waals surface area contributed by atoms with Crippen LogP contribution in [0.1, 0.15) is 6.92 Å². The van der Waals surface area contributed by atoms with E-state index in [1.54, 1.807) is 19.1 Å². The van der Waals surface area contributed by atoms with Gasteiger partial charge >= 0.3 is 0 Å². The van der Waals surface area contributed by atoms with E-state index in [-0.39, 0.29) is 17.1 Å². The van der Waals surface area contributed by atoms with Gasteiger partial charge in [-0.2, -0.15) is 0 Å². The van der Waals surface area contributed by atoms with Gasteiger partial charge in [0.15, 0.2) is 0 Å². The fourth-order valence-corrected chi connectivity index (χ4v) is 3.86. The molecule has 0 radical (unpaired) electrons. The first-order chi connectivity index (χ1) is 11.4. The number of imide groups is 1. The number of nitro benzene ring substituents is 1. The average Bonchev–Trinajstić information content (AvgIpc) is 3.16. The van der Waals surface area contributed by atoms with Crippen molar-refractivity contribution in [2.24, 2.45) is 11.8 Å². The Morgan fingerprint density at radius 1 is 1.33 bits per heavy atom. The van der Waals surface area contributed by atoms with Crippen LogP contribution in [-0.2, 0) is 14.3 Å². The highest BCUT2D eigenvalue weighted by molar-refractivity contribution is 6.24. The van der Waals surface area contributed by atoms with Crippen molar-refractivity contribution in [3.05, 3.63) is 40.5 Å². The zero-order chi connectivity index (χ0) is 17.2. The van der Waals surface area contributed by atoms with Crippen LogP contribution in [0.25, 0.3) is 0 Å². The molecule has 0 spiro atoms. The number of hydrogen-bond donors (Lipinski definition) is 0. The summed E-state index contributed by atoms with van der Waals surface area (Å²) in [6, 6.07) is 4.06. The second-order valence-corrected chi connectivity index (χ2v) is 6.25. The van der Waals surface area contributed by atoms with Crippen molar-refractivity contribution >= 4 is 23.2 Å². The molecule has 3 aliphatic heterocycles. The third-order valence-electron chi connectivity index (χ3n) is 4.95. The van der Waals surface area contributed by atoms with E-state index in [0.717, 1.165) is 4.90 Å². The zero-order valence-electron chi connectivity index (χ0n) is 13.0. The van der Waals surface area contributed by atoms with Gasteiger partial charge in [0.1, 0.15) is 11.4 Å². The molecule has 2 bridgehead atoms. The summed E-state index contributed by atoms with van der Waals surface area (Å²) in [5.41, 5.74) is -1.21. The lowest BCUT2D eigenvalue weighted by Crippen LogP contribution is -2.38. The molecule has 3 heterocycles. The predicted octanol–water partition coefficient (Wildman–Crippen LogP) is 1.44. The van der Waals surface area contributed by atoms with E-state index in [1.165, 1.54) is 25.3 Å². The molecule has 0 saturated carbocycles. The molecular formula is C16H14N2O6. The Balaban J connectivity index is 1.81. The highest BCUT2D eigenvalue weighted by Gasteiger charge is 2.66. The van der Waals surface area contributed by atoms with Crippen LogP contribution in [0.4, 0.5) is 11.4 Å². The minimum absolute atomic E-state index is 0.0341. The van der Waals surface area contributed by atoms with Gasteiger partial charge in [-0.3, -0.25) is 19.7 Å². The second kappa shape index (κ2) is 4.64. The molecule has 8 heteroatoms. The highest BCUT2D eigenvalue weighted by atomic mass is 16.6. The maximum Gasteiger partial charge on any atom is 0.297 e. The van der Waals surface area contributed by atoms with Gasteiger partial charge in [0.2, 0.25) is 11.8 Å². The van der Waals surface area contributed by atoms with E-state index in [4.69, 9.17) is 9.47 Å². The van der Waals surface area contributed by atoms with Gasteiger partial charge < -0.3 is 9.47 Å². The summed E-state index contributed by atoms with van der Waals surface area (Å²) in [5, 5.41) is 11.4. The number of nitrogens with zero attached hydrogens (tertiary/aromatic N) is 2. The fraction of sp³-hybridized carbons (Fsp3) is 0.375. The summed E-state index contributed by atoms with van der Waals surface area (Å²) in [5.74, 6) is -1.93. The summed E-state index contributed by atoms with van der Waals surface area (Å²) in [7, 11) is 1.39. The first kappa shape index (κ1) is 14.8. The van der Waals surface area contributed by atoms with Gasteiger partial charge in [0.05, 0.1) is 41.6 Å². The minimum atomic E-state index is -0.835. The van der Waals surface area contributed by atoms with E-state index in [0.29, 0.717) is 0 Å². The third kappa shape index (κ3) is 1.71. The SMILES string of the molecule is COc1ccc(N2C(=O)[C@@H]3[C@H]4C=C[C@](C)(O4)[C@H]3C2=O)c([N+](=O)[O-])c1. The standard InChI is InChI=1S/C16H14N2O6/c1-16-6-5-11(24-16)12-13(16)15(20)17(14(12)19)9-4-3-8(23-2)7-10(9)18(21)22/h3-7,11-13H,1-2H3/t11-,12-,13-,16+/m1/s1. The van der Waals surface area contributed by atoms with Crippen LogP contribution in [0.2, 0.25) is 0 Å². The molecule has 2 saturated heterocycles. The first-order valence-electron chi connectivity index (χ1n) is 7.45. The first-order valence-corrected chi connectivity index (χ1v) is 7.45. The number of carbonyl (C=O) groups is 2. The molecule has 0 aromatic heterocycles. The Morgan fingerprint density at radius 3 is 2.71 bits per heavy atom. The number of methoxy groups -OCH3 is 1. The van der Waals surface area contributed by atoms with Gasteiger partial charge in [-0.25, -0.2) is 4.90 Å². The van der Waals surface area contributed by atoms with Crippen molar-refractivity contribution < 1.29 is 24.0 Å². The topological polar surface area (TPSA) is 99.0 Å². The number of hydrogen-bond acceptors (Lipinski definition) is 6. The Bertz CT molecular complexity index is 819. The molecule has 0 unspecified atom stereocenters. The summed E-state index contributed by atoms with van der Waals surface area (Å²) in [6.07, 6.45) is 3.10. The molecular weight excluding hydrogens is 316 g/mol. The van der Waals surface area contributed by atoms with Crippen LogP contribution in [0.15, 0.2) is 30.4 Å². The van der Waals surface area contributed by atoms with Crippen LogP contribution in [0.3, 0.4) is 0 Å². The lowest BCUT2D eigenvalue weighted by molar-refractivity contribution is -0.384. The molecule has 0 N–H and O–H groups in total. The largest absolute Gasteiger partial charge is 0.496 e. The fourth-order valence-electron chi connectivity index (χ4n) is 3.86. The molecule has 0 aliphatic carbocycles. The number of fused-ring (bicyclic) bond motifs is 5. The summed E-state index contributed by atoms with van der Waals surface area (Å²) < 4.78 is 10.7. The molecule has 2 fully saturated rings. The third-order valence-corrected chi connectivity index (χ3v) is 4.95. The van der Waals surface area contributed by atoms with Crippen LogP contribution >= 0.6 is 0 Å². The van der Waals surface area contributed by atoms with Gasteiger partial charge in [0, 0.05) is 0 Å². The second-order valence-electron chi connectivity index (χ2n) is 6.25. The van der Waals surface area contributed by atoms with Crippen molar-refractivity contribution in [3.63, 3.8) is 0 Å². The molecule has 124 valence electrons. The monoisotopic (exact) mass is 330 g/mol. The summed E-state index contributed by atoms with van der Waals surface area (Å²) in [6.45, 7) is 1.76. The predicted molar refractivity (Wildman–Crippen MR) is 81.5 cm³/mol. The number of carbonyl (C=O) groups excluding carboxylic acids is 2.